The lowest BCUT2D eigenvalue weighted by atomic mass is 9.84. The monoisotopic (exact) mass is 334 g/mol. The number of rotatable bonds is 5. The van der Waals surface area contributed by atoms with Crippen LogP contribution in [-0.4, -0.2) is 49.0 Å². The highest BCUT2D eigenvalue weighted by Gasteiger charge is 2.32. The van der Waals surface area contributed by atoms with Gasteiger partial charge in [-0.15, -0.1) is 0 Å². The Morgan fingerprint density at radius 3 is 2.75 bits per heavy atom. The van der Waals surface area contributed by atoms with Crippen LogP contribution in [0.5, 0.6) is 5.75 Å². The van der Waals surface area contributed by atoms with E-state index in [1.807, 2.05) is 18.0 Å². The molecule has 0 aromatic heterocycles. The van der Waals surface area contributed by atoms with Crippen molar-refractivity contribution in [1.82, 2.24) is 9.80 Å². The lowest BCUT2D eigenvalue weighted by Gasteiger charge is -2.40. The van der Waals surface area contributed by atoms with Crippen LogP contribution in [0, 0.1) is 11.7 Å². The van der Waals surface area contributed by atoms with Crippen LogP contribution in [0.4, 0.5) is 4.39 Å². The van der Waals surface area contributed by atoms with E-state index in [9.17, 15) is 9.18 Å². The molecule has 2 fully saturated rings. The van der Waals surface area contributed by atoms with Crippen LogP contribution in [0.1, 0.15) is 37.7 Å². The van der Waals surface area contributed by atoms with E-state index in [4.69, 9.17) is 4.74 Å². The van der Waals surface area contributed by atoms with Crippen molar-refractivity contribution in [3.63, 3.8) is 0 Å². The molecule has 0 radical (unpaired) electrons. The molecule has 1 aliphatic carbocycles. The fraction of sp³-hybridized carbons (Fsp3) is 0.632. The van der Waals surface area contributed by atoms with Crippen LogP contribution in [0.2, 0.25) is 0 Å². The van der Waals surface area contributed by atoms with Gasteiger partial charge in [0.15, 0.2) is 11.6 Å². The molecule has 3 rings (SSSR count). The van der Waals surface area contributed by atoms with Gasteiger partial charge in [-0.3, -0.25) is 9.69 Å². The molecule has 0 N–H and O–H groups in total. The van der Waals surface area contributed by atoms with Crippen LogP contribution in [0.3, 0.4) is 0 Å². The first kappa shape index (κ1) is 17.2. The Hall–Kier alpha value is -1.62. The van der Waals surface area contributed by atoms with E-state index in [1.54, 1.807) is 12.1 Å². The largest absolute Gasteiger partial charge is 0.494 e. The summed E-state index contributed by atoms with van der Waals surface area (Å²) in [6.45, 7) is 2.57. The summed E-state index contributed by atoms with van der Waals surface area (Å²) in [6, 6.07) is 5.41. The summed E-state index contributed by atoms with van der Waals surface area (Å²) in [5.74, 6) is 0.520. The minimum atomic E-state index is -0.319. The van der Waals surface area contributed by atoms with Crippen LogP contribution >= 0.6 is 0 Å². The summed E-state index contributed by atoms with van der Waals surface area (Å²) in [4.78, 5) is 16.7. The number of ether oxygens (including phenoxy) is 1. The SMILES string of the molecule is COc1ccc(CN2CCCC(N(C)C(=O)C3CCC3)C2)cc1F. The number of amides is 1. The molecule has 2 aliphatic rings. The zero-order valence-electron chi connectivity index (χ0n) is 14.6. The Morgan fingerprint density at radius 2 is 2.12 bits per heavy atom. The van der Waals surface area contributed by atoms with Gasteiger partial charge in [0.1, 0.15) is 0 Å². The zero-order chi connectivity index (χ0) is 17.1. The molecule has 5 heteroatoms. The number of hydrogen-bond acceptors (Lipinski definition) is 3. The third kappa shape index (κ3) is 3.72. The van der Waals surface area contributed by atoms with Gasteiger partial charge in [0.2, 0.25) is 5.91 Å². The number of hydrogen-bond donors (Lipinski definition) is 0. The van der Waals surface area contributed by atoms with E-state index in [2.05, 4.69) is 4.90 Å². The smallest absolute Gasteiger partial charge is 0.225 e. The van der Waals surface area contributed by atoms with E-state index in [-0.39, 0.29) is 23.5 Å². The second kappa shape index (κ2) is 7.51. The zero-order valence-corrected chi connectivity index (χ0v) is 14.6. The number of likely N-dealkylation sites (N-methyl/N-ethyl adjacent to an activating group) is 1. The average molecular weight is 334 g/mol. The second-order valence-electron chi connectivity index (χ2n) is 7.08. The van der Waals surface area contributed by atoms with Gasteiger partial charge in [0.05, 0.1) is 7.11 Å². The molecule has 1 saturated carbocycles. The number of carbonyl (C=O) groups excluding carboxylic acids is 1. The molecule has 1 unspecified atom stereocenters. The predicted molar refractivity (Wildman–Crippen MR) is 91.4 cm³/mol. The topological polar surface area (TPSA) is 32.8 Å². The number of carbonyl (C=O) groups is 1. The van der Waals surface area contributed by atoms with Crippen molar-refractivity contribution in [1.29, 1.82) is 0 Å². The first-order valence-corrected chi connectivity index (χ1v) is 8.90. The van der Waals surface area contributed by atoms with Crippen LogP contribution in [0.25, 0.3) is 0 Å². The van der Waals surface area contributed by atoms with Crippen molar-refractivity contribution in [2.45, 2.75) is 44.7 Å². The fourth-order valence-electron chi connectivity index (χ4n) is 3.68. The molecular formula is C19H27FN2O2. The number of methoxy groups -OCH3 is 1. The van der Waals surface area contributed by atoms with Crippen LogP contribution < -0.4 is 4.74 Å². The summed E-state index contributed by atoms with van der Waals surface area (Å²) < 4.78 is 18.8. The summed E-state index contributed by atoms with van der Waals surface area (Å²) in [5, 5.41) is 0. The molecule has 1 amide bonds. The molecule has 1 saturated heterocycles. The molecule has 1 aromatic rings. The summed E-state index contributed by atoms with van der Waals surface area (Å²) in [6.07, 6.45) is 5.41. The molecule has 4 nitrogen and oxygen atoms in total. The quantitative estimate of drug-likeness (QED) is 0.830. The van der Waals surface area contributed by atoms with Crippen molar-refractivity contribution in [3.8, 4) is 5.75 Å². The molecule has 1 heterocycles. The number of halogens is 1. The molecular weight excluding hydrogens is 307 g/mol. The summed E-state index contributed by atoms with van der Waals surface area (Å²) in [7, 11) is 3.42. The van der Waals surface area contributed by atoms with Gasteiger partial charge in [-0.2, -0.15) is 0 Å². The highest BCUT2D eigenvalue weighted by molar-refractivity contribution is 5.79. The van der Waals surface area contributed by atoms with Crippen molar-refractivity contribution in [2.75, 3.05) is 27.2 Å². The Morgan fingerprint density at radius 1 is 1.33 bits per heavy atom. The highest BCUT2D eigenvalue weighted by Crippen LogP contribution is 2.29. The van der Waals surface area contributed by atoms with Crippen LogP contribution in [0.15, 0.2) is 18.2 Å². The standard InChI is InChI=1S/C19H27FN2O2/c1-21(19(23)15-5-3-6-15)16-7-4-10-22(13-16)12-14-8-9-18(24-2)17(20)11-14/h8-9,11,15-16H,3-7,10,12-13H2,1-2H3. The van der Waals surface area contributed by atoms with Gasteiger partial charge in [0.25, 0.3) is 0 Å². The molecule has 24 heavy (non-hydrogen) atoms. The van der Waals surface area contributed by atoms with Gasteiger partial charge < -0.3 is 9.64 Å². The van der Waals surface area contributed by atoms with E-state index in [0.717, 1.165) is 44.3 Å². The normalized spacial score (nSPS) is 22.0. The van der Waals surface area contributed by atoms with Gasteiger partial charge in [0, 0.05) is 32.1 Å². The minimum Gasteiger partial charge on any atom is -0.494 e. The van der Waals surface area contributed by atoms with E-state index >= 15 is 0 Å². The van der Waals surface area contributed by atoms with E-state index in [0.29, 0.717) is 12.5 Å². The Kier molecular flexibility index (Phi) is 5.39. The second-order valence-corrected chi connectivity index (χ2v) is 7.08. The third-order valence-corrected chi connectivity index (χ3v) is 5.45. The maximum Gasteiger partial charge on any atom is 0.225 e. The van der Waals surface area contributed by atoms with Gasteiger partial charge >= 0.3 is 0 Å². The predicted octanol–water partition coefficient (Wildman–Crippen LogP) is 3.06. The van der Waals surface area contributed by atoms with Gasteiger partial charge in [-0.25, -0.2) is 4.39 Å². The maximum atomic E-state index is 13.9. The van der Waals surface area contributed by atoms with E-state index < -0.39 is 0 Å². The maximum absolute atomic E-state index is 13.9. The number of piperidine rings is 1. The number of nitrogens with zero attached hydrogens (tertiary/aromatic N) is 2. The molecule has 1 aromatic carbocycles. The van der Waals surface area contributed by atoms with Crippen molar-refractivity contribution in [3.05, 3.63) is 29.6 Å². The molecule has 132 valence electrons. The number of likely N-dealkylation sites (tertiary alicyclic amines) is 1. The first-order valence-electron chi connectivity index (χ1n) is 8.90. The van der Waals surface area contributed by atoms with Crippen molar-refractivity contribution < 1.29 is 13.9 Å². The average Bonchev–Trinajstić information content (AvgIpc) is 2.53. The number of benzene rings is 1. The summed E-state index contributed by atoms with van der Waals surface area (Å²) >= 11 is 0. The molecule has 0 spiro atoms. The van der Waals surface area contributed by atoms with Crippen molar-refractivity contribution in [2.24, 2.45) is 5.92 Å². The van der Waals surface area contributed by atoms with E-state index in [1.165, 1.54) is 13.5 Å². The highest BCUT2D eigenvalue weighted by atomic mass is 19.1. The molecule has 0 bridgehead atoms. The lowest BCUT2D eigenvalue weighted by Crippen LogP contribution is -2.50. The van der Waals surface area contributed by atoms with Gasteiger partial charge in [-0.1, -0.05) is 12.5 Å². The van der Waals surface area contributed by atoms with Crippen molar-refractivity contribution >= 4 is 5.91 Å². The Bertz CT molecular complexity index is 589. The first-order chi connectivity index (χ1) is 11.6. The van der Waals surface area contributed by atoms with Crippen LogP contribution in [-0.2, 0) is 11.3 Å². The molecule has 1 aliphatic heterocycles. The minimum absolute atomic E-state index is 0.251. The molecule has 1 atom stereocenters. The lowest BCUT2D eigenvalue weighted by molar-refractivity contribution is -0.140. The third-order valence-electron chi connectivity index (χ3n) is 5.45. The van der Waals surface area contributed by atoms with Gasteiger partial charge in [-0.05, 0) is 49.9 Å². The summed E-state index contributed by atoms with van der Waals surface area (Å²) in [5.41, 5.74) is 0.946. The fourth-order valence-corrected chi connectivity index (χ4v) is 3.68. The Labute approximate surface area is 143 Å². The Balaban J connectivity index is 1.58.